The molecule has 0 fully saturated rings. The van der Waals surface area contributed by atoms with Crippen molar-refractivity contribution in [2.45, 2.75) is 19.6 Å². The van der Waals surface area contributed by atoms with E-state index in [1.54, 1.807) is 41.8 Å². The number of thiazole rings is 1. The predicted octanol–water partition coefficient (Wildman–Crippen LogP) is 8.24. The van der Waals surface area contributed by atoms with Gasteiger partial charge in [-0.15, -0.1) is 0 Å². The number of carbonyl (C=O) groups is 1. The van der Waals surface area contributed by atoms with Crippen LogP contribution in [0.15, 0.2) is 111 Å². The van der Waals surface area contributed by atoms with E-state index in [0.717, 1.165) is 16.7 Å². The van der Waals surface area contributed by atoms with Crippen LogP contribution >= 0.6 is 62.1 Å². The van der Waals surface area contributed by atoms with Crippen LogP contribution in [0, 0.1) is 0 Å². The molecule has 0 saturated heterocycles. The van der Waals surface area contributed by atoms with Crippen molar-refractivity contribution in [1.82, 2.24) is 4.57 Å². The Morgan fingerprint density at radius 3 is 2.43 bits per heavy atom. The number of carbonyl (C=O) groups excluding carboxylic acids is 1. The molecule has 46 heavy (non-hydrogen) atoms. The highest BCUT2D eigenvalue weighted by molar-refractivity contribution is 9.10. The molecule has 0 saturated carbocycles. The van der Waals surface area contributed by atoms with Gasteiger partial charge in [-0.2, -0.15) is 0 Å². The Morgan fingerprint density at radius 2 is 1.74 bits per heavy atom. The summed E-state index contributed by atoms with van der Waals surface area (Å²) in [5.41, 5.74) is 3.54. The third-order valence-corrected chi connectivity index (χ3v) is 9.79. The number of benzene rings is 4. The Labute approximate surface area is 291 Å². The van der Waals surface area contributed by atoms with Crippen LogP contribution in [-0.2, 0) is 16.1 Å². The Hall–Kier alpha value is -3.66. The number of esters is 1. The quantitative estimate of drug-likeness (QED) is 0.150. The Morgan fingerprint density at radius 1 is 0.978 bits per heavy atom. The van der Waals surface area contributed by atoms with Gasteiger partial charge in [0.05, 0.1) is 43.0 Å². The number of nitrogens with zero attached hydrogens (tertiary/aromatic N) is 2. The number of halogens is 4. The van der Waals surface area contributed by atoms with Gasteiger partial charge in [-0.05, 0) is 82.0 Å². The minimum absolute atomic E-state index is 0.171. The van der Waals surface area contributed by atoms with Crippen LogP contribution in [0.4, 0.5) is 0 Å². The van der Waals surface area contributed by atoms with Crippen LogP contribution in [0.1, 0.15) is 35.2 Å². The highest BCUT2D eigenvalue weighted by Gasteiger charge is 2.35. The van der Waals surface area contributed by atoms with E-state index in [4.69, 9.17) is 49.3 Å². The lowest BCUT2D eigenvalue weighted by atomic mass is 9.93. The molecule has 1 aliphatic heterocycles. The lowest BCUT2D eigenvalue weighted by Gasteiger charge is -2.25. The van der Waals surface area contributed by atoms with E-state index in [1.807, 2.05) is 66.7 Å². The fourth-order valence-corrected chi connectivity index (χ4v) is 7.03. The molecule has 2 heterocycles. The average Bonchev–Trinajstić information content (AvgIpc) is 3.36. The number of aromatic nitrogens is 1. The van der Waals surface area contributed by atoms with Crippen molar-refractivity contribution < 1.29 is 14.3 Å². The molecule has 0 aliphatic carbocycles. The second kappa shape index (κ2) is 14.0. The molecule has 1 aromatic heterocycles. The van der Waals surface area contributed by atoms with E-state index in [9.17, 15) is 9.59 Å². The molecular formula is C35H24BrCl3N2O4S. The highest BCUT2D eigenvalue weighted by atomic mass is 79.9. The number of hydrogen-bond acceptors (Lipinski definition) is 6. The summed E-state index contributed by atoms with van der Waals surface area (Å²) in [6, 6.07) is 26.6. The van der Waals surface area contributed by atoms with Crippen molar-refractivity contribution >= 4 is 79.8 Å². The summed E-state index contributed by atoms with van der Waals surface area (Å²) in [5.74, 6) is 0.0822. The SMILES string of the molecule is CCOC(=O)C1=C(c2ccccc2)N=c2s/c(=C\c3ccc(OCc4ccc(Cl)c(Cl)c4)c(Br)c3)c(=O)n2[C@H]1c1ccc(Cl)cc1. The molecule has 0 radical (unpaired) electrons. The first kappa shape index (κ1) is 32.3. The monoisotopic (exact) mass is 752 g/mol. The zero-order valence-electron chi connectivity index (χ0n) is 24.2. The summed E-state index contributed by atoms with van der Waals surface area (Å²) in [6.07, 6.45) is 1.80. The largest absolute Gasteiger partial charge is 0.488 e. The Balaban J connectivity index is 1.43. The molecule has 1 aliphatic rings. The van der Waals surface area contributed by atoms with Gasteiger partial charge in [0.1, 0.15) is 12.4 Å². The van der Waals surface area contributed by atoms with Gasteiger partial charge in [-0.1, -0.05) is 101 Å². The van der Waals surface area contributed by atoms with Crippen molar-refractivity contribution in [2.24, 2.45) is 4.99 Å². The summed E-state index contributed by atoms with van der Waals surface area (Å²) >= 11 is 23.2. The van der Waals surface area contributed by atoms with E-state index in [0.29, 0.717) is 52.5 Å². The maximum atomic E-state index is 14.1. The number of hydrogen-bond donors (Lipinski definition) is 0. The summed E-state index contributed by atoms with van der Waals surface area (Å²) < 4.78 is 14.2. The van der Waals surface area contributed by atoms with E-state index in [-0.39, 0.29) is 17.7 Å². The summed E-state index contributed by atoms with van der Waals surface area (Å²) in [6.45, 7) is 2.21. The van der Waals surface area contributed by atoms with Crippen molar-refractivity contribution in [3.05, 3.63) is 158 Å². The van der Waals surface area contributed by atoms with Crippen LogP contribution < -0.4 is 19.6 Å². The fraction of sp³-hybridized carbons (Fsp3) is 0.114. The van der Waals surface area contributed by atoms with Crippen molar-refractivity contribution in [3.63, 3.8) is 0 Å². The second-order valence-electron chi connectivity index (χ2n) is 10.2. The normalized spacial score (nSPS) is 14.5. The zero-order chi connectivity index (χ0) is 32.4. The lowest BCUT2D eigenvalue weighted by Crippen LogP contribution is -2.40. The van der Waals surface area contributed by atoms with Crippen LogP contribution in [0.25, 0.3) is 11.8 Å². The third-order valence-electron chi connectivity index (χ3n) is 7.19. The summed E-state index contributed by atoms with van der Waals surface area (Å²) in [5, 5.41) is 1.48. The molecule has 6 nitrogen and oxygen atoms in total. The molecule has 232 valence electrons. The Bertz CT molecular complexity index is 2160. The summed E-state index contributed by atoms with van der Waals surface area (Å²) in [7, 11) is 0. The van der Waals surface area contributed by atoms with E-state index in [1.165, 1.54) is 11.3 Å². The van der Waals surface area contributed by atoms with Gasteiger partial charge < -0.3 is 9.47 Å². The Kier molecular flexibility index (Phi) is 9.82. The van der Waals surface area contributed by atoms with Gasteiger partial charge in [-0.25, -0.2) is 9.79 Å². The van der Waals surface area contributed by atoms with Crippen LogP contribution in [0.3, 0.4) is 0 Å². The van der Waals surface area contributed by atoms with E-state index >= 15 is 0 Å². The van der Waals surface area contributed by atoms with E-state index < -0.39 is 12.0 Å². The smallest absolute Gasteiger partial charge is 0.338 e. The van der Waals surface area contributed by atoms with Crippen molar-refractivity contribution in [1.29, 1.82) is 0 Å². The minimum atomic E-state index is -0.784. The number of rotatable bonds is 8. The second-order valence-corrected chi connectivity index (χ2v) is 13.3. The molecule has 4 aromatic carbocycles. The zero-order valence-corrected chi connectivity index (χ0v) is 28.8. The van der Waals surface area contributed by atoms with Crippen molar-refractivity contribution in [2.75, 3.05) is 6.61 Å². The highest BCUT2D eigenvalue weighted by Crippen LogP contribution is 2.35. The summed E-state index contributed by atoms with van der Waals surface area (Å²) in [4.78, 5) is 33.0. The molecule has 0 N–H and O–H groups in total. The van der Waals surface area contributed by atoms with Gasteiger partial charge >= 0.3 is 5.97 Å². The van der Waals surface area contributed by atoms with Crippen LogP contribution in [0.2, 0.25) is 15.1 Å². The van der Waals surface area contributed by atoms with Gasteiger partial charge in [0, 0.05) is 10.6 Å². The predicted molar refractivity (Wildman–Crippen MR) is 187 cm³/mol. The molecule has 5 aromatic rings. The molecular weight excluding hydrogens is 731 g/mol. The number of ether oxygens (including phenoxy) is 2. The molecule has 0 amide bonds. The van der Waals surface area contributed by atoms with Gasteiger partial charge in [-0.3, -0.25) is 9.36 Å². The molecule has 1 atom stereocenters. The maximum Gasteiger partial charge on any atom is 0.338 e. The van der Waals surface area contributed by atoms with E-state index in [2.05, 4.69) is 15.9 Å². The van der Waals surface area contributed by atoms with Gasteiger partial charge in [0.2, 0.25) is 0 Å². The molecule has 6 rings (SSSR count). The lowest BCUT2D eigenvalue weighted by molar-refractivity contribution is -0.138. The van der Waals surface area contributed by atoms with Gasteiger partial charge in [0.25, 0.3) is 5.56 Å². The topological polar surface area (TPSA) is 69.9 Å². The van der Waals surface area contributed by atoms with Crippen LogP contribution in [0.5, 0.6) is 5.75 Å². The average molecular weight is 755 g/mol. The first-order chi connectivity index (χ1) is 22.2. The maximum absolute atomic E-state index is 14.1. The molecule has 0 spiro atoms. The molecule has 11 heteroatoms. The first-order valence-electron chi connectivity index (χ1n) is 14.1. The van der Waals surface area contributed by atoms with Crippen molar-refractivity contribution in [3.8, 4) is 5.75 Å². The minimum Gasteiger partial charge on any atom is -0.488 e. The standard InChI is InChI=1S/C35H24BrCl3N2O4S/c1-2-44-34(43)30-31(22-6-4-3-5-7-22)40-35-41(32(30)23-10-12-24(37)13-11-23)33(42)29(46-35)18-20-9-15-28(25(36)16-20)45-19-21-8-14-26(38)27(39)17-21/h3-18,32H,2,19H2,1H3/b29-18-/t32-/m0/s1. The van der Waals surface area contributed by atoms with Gasteiger partial charge in [0.15, 0.2) is 4.80 Å². The molecule has 0 bridgehead atoms. The van der Waals surface area contributed by atoms with Crippen LogP contribution in [-0.4, -0.2) is 17.1 Å². The molecule has 0 unspecified atom stereocenters. The third kappa shape index (κ3) is 6.73. The fourth-order valence-electron chi connectivity index (χ4n) is 5.07. The first-order valence-corrected chi connectivity index (χ1v) is 16.9. The number of fused-ring (bicyclic) bond motifs is 1.